The van der Waals surface area contributed by atoms with E-state index in [0.29, 0.717) is 12.0 Å². The fraction of sp³-hybridized carbons (Fsp3) is 0.588. The quantitative estimate of drug-likeness (QED) is 0.579. The first-order chi connectivity index (χ1) is 10.2. The number of aromatic nitrogens is 2. The number of fused-ring (bicyclic) bond motifs is 1. The topological polar surface area (TPSA) is 55.9 Å². The van der Waals surface area contributed by atoms with Crippen LogP contribution in [0.2, 0.25) is 0 Å². The van der Waals surface area contributed by atoms with Gasteiger partial charge in [0, 0.05) is 19.5 Å². The van der Waals surface area contributed by atoms with Gasteiger partial charge in [-0.1, -0.05) is 38.8 Å². The first kappa shape index (κ1) is 16.0. The first-order valence-corrected chi connectivity index (χ1v) is 8.07. The van der Waals surface area contributed by atoms with E-state index in [4.69, 9.17) is 10.8 Å². The average molecular weight is 288 g/mol. The van der Waals surface area contributed by atoms with Crippen LogP contribution in [-0.2, 0) is 13.5 Å². The number of rotatable bonds is 8. The second-order valence-corrected chi connectivity index (χ2v) is 5.89. The van der Waals surface area contributed by atoms with Gasteiger partial charge in [0.15, 0.2) is 0 Å². The minimum absolute atomic E-state index is 0.292. The molecule has 0 aliphatic carbocycles. The summed E-state index contributed by atoms with van der Waals surface area (Å²) in [4.78, 5) is 4.77. The van der Waals surface area contributed by atoms with Crippen molar-refractivity contribution in [1.82, 2.24) is 15.0 Å². The van der Waals surface area contributed by atoms with Crippen LogP contribution in [0.25, 0.3) is 11.0 Å². The Bertz CT molecular complexity index is 555. The lowest BCUT2D eigenvalue weighted by atomic mass is 9.89. The zero-order valence-corrected chi connectivity index (χ0v) is 13.5. The number of hydrogen-bond donors (Lipinski definition) is 2. The third kappa shape index (κ3) is 3.63. The molecule has 2 rings (SSSR count). The Labute approximate surface area is 127 Å². The summed E-state index contributed by atoms with van der Waals surface area (Å²) >= 11 is 0. The van der Waals surface area contributed by atoms with Crippen molar-refractivity contribution in [2.75, 3.05) is 0 Å². The summed E-state index contributed by atoms with van der Waals surface area (Å²) in [6, 6.07) is 8.57. The number of para-hydroxylation sites is 2. The van der Waals surface area contributed by atoms with Gasteiger partial charge in [-0.05, 0) is 30.9 Å². The van der Waals surface area contributed by atoms with E-state index in [2.05, 4.69) is 49.1 Å². The van der Waals surface area contributed by atoms with E-state index >= 15 is 0 Å². The van der Waals surface area contributed by atoms with Crippen LogP contribution in [0.5, 0.6) is 0 Å². The predicted octanol–water partition coefficient (Wildman–Crippen LogP) is 3.16. The van der Waals surface area contributed by atoms with E-state index in [9.17, 15) is 0 Å². The smallest absolute Gasteiger partial charge is 0.111 e. The summed E-state index contributed by atoms with van der Waals surface area (Å²) in [6.45, 7) is 4.48. The Balaban J connectivity index is 2.21. The summed E-state index contributed by atoms with van der Waals surface area (Å²) in [7, 11) is 2.09. The normalized spacial score (nSPS) is 13.2. The second-order valence-electron chi connectivity index (χ2n) is 5.89. The van der Waals surface area contributed by atoms with Crippen molar-refractivity contribution >= 4 is 11.0 Å². The molecule has 0 aliphatic rings. The highest BCUT2D eigenvalue weighted by atomic mass is 15.2. The molecular formula is C17H28N4. The molecule has 3 N–H and O–H groups in total. The minimum Gasteiger partial charge on any atom is -0.331 e. The monoisotopic (exact) mass is 288 g/mol. The Morgan fingerprint density at radius 1 is 1.19 bits per heavy atom. The number of hydrogen-bond acceptors (Lipinski definition) is 3. The molecule has 4 nitrogen and oxygen atoms in total. The zero-order valence-electron chi connectivity index (χ0n) is 13.5. The van der Waals surface area contributed by atoms with E-state index < -0.39 is 0 Å². The first-order valence-electron chi connectivity index (χ1n) is 8.07. The lowest BCUT2D eigenvalue weighted by molar-refractivity contribution is 0.307. The van der Waals surface area contributed by atoms with Gasteiger partial charge in [-0.15, -0.1) is 0 Å². The fourth-order valence-corrected chi connectivity index (χ4v) is 3.22. The lowest BCUT2D eigenvalue weighted by Crippen LogP contribution is -2.43. The lowest BCUT2D eigenvalue weighted by Gasteiger charge is -2.26. The highest BCUT2D eigenvalue weighted by Crippen LogP contribution is 2.22. The van der Waals surface area contributed by atoms with Crippen molar-refractivity contribution in [3.8, 4) is 0 Å². The van der Waals surface area contributed by atoms with Crippen LogP contribution in [0, 0.1) is 5.92 Å². The number of aryl methyl sites for hydroxylation is 1. The number of hydrazine groups is 1. The molecule has 0 fully saturated rings. The van der Waals surface area contributed by atoms with Crippen LogP contribution in [0.3, 0.4) is 0 Å². The van der Waals surface area contributed by atoms with Crippen molar-refractivity contribution < 1.29 is 0 Å². The molecule has 1 heterocycles. The molecular weight excluding hydrogens is 260 g/mol. The molecule has 0 radical (unpaired) electrons. The van der Waals surface area contributed by atoms with Crippen LogP contribution in [0.15, 0.2) is 24.3 Å². The number of benzene rings is 1. The number of nitrogens with two attached hydrogens (primary N) is 1. The van der Waals surface area contributed by atoms with Crippen LogP contribution in [0.1, 0.15) is 45.4 Å². The third-order valence-electron chi connectivity index (χ3n) is 4.38. The minimum atomic E-state index is 0.292. The molecule has 0 spiro atoms. The molecule has 1 atom stereocenters. The molecule has 2 aromatic rings. The van der Waals surface area contributed by atoms with Crippen LogP contribution >= 0.6 is 0 Å². The Hall–Kier alpha value is -1.39. The van der Waals surface area contributed by atoms with E-state index in [-0.39, 0.29) is 0 Å². The molecule has 0 amide bonds. The second kappa shape index (κ2) is 7.57. The van der Waals surface area contributed by atoms with Crippen LogP contribution < -0.4 is 11.3 Å². The molecule has 0 bridgehead atoms. The van der Waals surface area contributed by atoms with E-state index in [0.717, 1.165) is 17.8 Å². The average Bonchev–Trinajstić information content (AvgIpc) is 2.81. The molecule has 1 aromatic heterocycles. The largest absolute Gasteiger partial charge is 0.331 e. The maximum absolute atomic E-state index is 5.84. The van der Waals surface area contributed by atoms with Gasteiger partial charge in [0.05, 0.1) is 11.0 Å². The van der Waals surface area contributed by atoms with Gasteiger partial charge >= 0.3 is 0 Å². The van der Waals surface area contributed by atoms with Gasteiger partial charge in [-0.3, -0.25) is 11.3 Å². The molecule has 4 heteroatoms. The summed E-state index contributed by atoms with van der Waals surface area (Å²) in [5, 5.41) is 0. The summed E-state index contributed by atoms with van der Waals surface area (Å²) < 4.78 is 2.19. The summed E-state index contributed by atoms with van der Waals surface area (Å²) in [6.07, 6.45) is 5.71. The highest BCUT2D eigenvalue weighted by molar-refractivity contribution is 5.75. The predicted molar refractivity (Wildman–Crippen MR) is 88.8 cm³/mol. The Morgan fingerprint density at radius 2 is 1.86 bits per heavy atom. The molecule has 1 aromatic carbocycles. The maximum Gasteiger partial charge on any atom is 0.111 e. The van der Waals surface area contributed by atoms with Crippen molar-refractivity contribution in [1.29, 1.82) is 0 Å². The van der Waals surface area contributed by atoms with Gasteiger partial charge in [-0.2, -0.15) is 0 Å². The van der Waals surface area contributed by atoms with E-state index in [1.807, 2.05) is 6.07 Å². The Morgan fingerprint density at radius 3 is 2.43 bits per heavy atom. The number of nitrogens with zero attached hydrogens (tertiary/aromatic N) is 2. The van der Waals surface area contributed by atoms with Crippen LogP contribution in [-0.4, -0.2) is 15.6 Å². The standard InChI is InChI=1S/C17H28N4/c1-4-8-13(9-5-2)15(20-18)12-17-19-14-10-6-7-11-16(14)21(17)3/h6-7,10-11,13,15,20H,4-5,8-9,12,18H2,1-3H3. The van der Waals surface area contributed by atoms with Crippen molar-refractivity contribution in [3.05, 3.63) is 30.1 Å². The summed E-state index contributed by atoms with van der Waals surface area (Å²) in [5.74, 6) is 7.56. The van der Waals surface area contributed by atoms with E-state index in [1.54, 1.807) is 0 Å². The maximum atomic E-state index is 5.84. The Kier molecular flexibility index (Phi) is 5.76. The number of nitrogens with one attached hydrogen (secondary N) is 1. The van der Waals surface area contributed by atoms with Crippen molar-refractivity contribution in [2.45, 2.75) is 52.0 Å². The van der Waals surface area contributed by atoms with Crippen molar-refractivity contribution in [2.24, 2.45) is 18.8 Å². The van der Waals surface area contributed by atoms with Crippen molar-refractivity contribution in [3.63, 3.8) is 0 Å². The number of imidazole rings is 1. The molecule has 1 unspecified atom stereocenters. The van der Waals surface area contributed by atoms with Gasteiger partial charge in [-0.25, -0.2) is 4.98 Å². The van der Waals surface area contributed by atoms with Gasteiger partial charge in [0.1, 0.15) is 5.82 Å². The SMILES string of the molecule is CCCC(CCC)C(Cc1nc2ccccc2n1C)NN. The van der Waals surface area contributed by atoms with E-state index in [1.165, 1.54) is 31.2 Å². The fourth-order valence-electron chi connectivity index (χ4n) is 3.22. The molecule has 0 saturated carbocycles. The third-order valence-corrected chi connectivity index (χ3v) is 4.38. The molecule has 0 saturated heterocycles. The zero-order chi connectivity index (χ0) is 15.2. The molecule has 0 aliphatic heterocycles. The molecule has 21 heavy (non-hydrogen) atoms. The van der Waals surface area contributed by atoms with Crippen LogP contribution in [0.4, 0.5) is 0 Å². The van der Waals surface area contributed by atoms with Gasteiger partial charge < -0.3 is 4.57 Å². The molecule has 116 valence electrons. The van der Waals surface area contributed by atoms with Gasteiger partial charge in [0.25, 0.3) is 0 Å². The summed E-state index contributed by atoms with van der Waals surface area (Å²) in [5.41, 5.74) is 5.29. The highest BCUT2D eigenvalue weighted by Gasteiger charge is 2.21. The van der Waals surface area contributed by atoms with Gasteiger partial charge in [0.2, 0.25) is 0 Å².